The maximum atomic E-state index is 12.3. The number of hydrogen-bond acceptors (Lipinski definition) is 4. The highest BCUT2D eigenvalue weighted by molar-refractivity contribution is 7.10. The highest BCUT2D eigenvalue weighted by atomic mass is 35.5. The van der Waals surface area contributed by atoms with Crippen LogP contribution in [0.5, 0.6) is 0 Å². The Bertz CT molecular complexity index is 850. The Kier molecular flexibility index (Phi) is 6.39. The molecule has 6 heteroatoms. The van der Waals surface area contributed by atoms with Gasteiger partial charge in [-0.1, -0.05) is 48.9 Å². The number of benzene rings is 1. The Morgan fingerprint density at radius 2 is 2.00 bits per heavy atom. The molecule has 3 rings (SSSR count). The molecule has 1 amide bonds. The molecule has 26 heavy (non-hydrogen) atoms. The van der Waals surface area contributed by atoms with Gasteiger partial charge >= 0.3 is 0 Å². The topological polar surface area (TPSA) is 54.0 Å². The molecule has 0 unspecified atom stereocenters. The number of hydrogen-bond donors (Lipinski definition) is 2. The molecule has 2 aromatic heterocycles. The Balaban J connectivity index is 1.70. The zero-order valence-electron chi connectivity index (χ0n) is 14.4. The lowest BCUT2D eigenvalue weighted by molar-refractivity contribution is -0.115. The third-order valence-electron chi connectivity index (χ3n) is 4.05. The highest BCUT2D eigenvalue weighted by Gasteiger charge is 2.16. The number of carbonyl (C=O) groups excluding carboxylic acids is 1. The number of carbonyl (C=O) groups is 1. The smallest absolute Gasteiger partial charge is 0.238 e. The molecular formula is C20H20ClN3OS. The summed E-state index contributed by atoms with van der Waals surface area (Å²) in [6, 6.07) is 16.0. The molecule has 0 spiro atoms. The minimum Gasteiger partial charge on any atom is -0.322 e. The SMILES string of the molecule is CCc1ccc([C@H](NCC(=O)Nc2cccnc2Cl)c2cccs2)cc1. The van der Waals surface area contributed by atoms with Gasteiger partial charge < -0.3 is 5.32 Å². The van der Waals surface area contributed by atoms with Gasteiger partial charge in [0.1, 0.15) is 0 Å². The monoisotopic (exact) mass is 385 g/mol. The van der Waals surface area contributed by atoms with Crippen molar-refractivity contribution in [2.24, 2.45) is 0 Å². The molecule has 0 saturated carbocycles. The lowest BCUT2D eigenvalue weighted by Crippen LogP contribution is -2.31. The third-order valence-corrected chi connectivity index (χ3v) is 5.29. The molecule has 0 aliphatic rings. The van der Waals surface area contributed by atoms with Crippen LogP contribution in [0.15, 0.2) is 60.1 Å². The molecule has 1 atom stereocenters. The van der Waals surface area contributed by atoms with Crippen molar-refractivity contribution in [3.8, 4) is 0 Å². The fraction of sp³-hybridized carbons (Fsp3) is 0.200. The molecule has 0 fully saturated rings. The number of nitrogens with one attached hydrogen (secondary N) is 2. The van der Waals surface area contributed by atoms with Crippen molar-refractivity contribution in [3.63, 3.8) is 0 Å². The molecule has 134 valence electrons. The number of aromatic nitrogens is 1. The van der Waals surface area contributed by atoms with Crippen LogP contribution in [0.2, 0.25) is 5.15 Å². The molecule has 3 aromatic rings. The van der Waals surface area contributed by atoms with E-state index < -0.39 is 0 Å². The van der Waals surface area contributed by atoms with Gasteiger partial charge in [-0.2, -0.15) is 0 Å². The Morgan fingerprint density at radius 1 is 1.19 bits per heavy atom. The zero-order chi connectivity index (χ0) is 18.4. The number of nitrogens with zero attached hydrogens (tertiary/aromatic N) is 1. The van der Waals surface area contributed by atoms with Crippen LogP contribution in [-0.4, -0.2) is 17.4 Å². The van der Waals surface area contributed by atoms with Crippen LogP contribution in [0.3, 0.4) is 0 Å². The van der Waals surface area contributed by atoms with Crippen LogP contribution in [0, 0.1) is 0 Å². The summed E-state index contributed by atoms with van der Waals surface area (Å²) < 4.78 is 0. The van der Waals surface area contributed by atoms with Gasteiger partial charge in [-0.3, -0.25) is 10.1 Å². The number of rotatable bonds is 7. The standard InChI is InChI=1S/C20H20ClN3OS/c1-2-14-7-9-15(10-8-14)19(17-6-4-12-26-17)23-13-18(25)24-16-5-3-11-22-20(16)21/h3-12,19,23H,2,13H2,1H3,(H,24,25)/t19-/m0/s1. The number of pyridine rings is 1. The largest absolute Gasteiger partial charge is 0.322 e. The molecule has 2 N–H and O–H groups in total. The van der Waals surface area contributed by atoms with Crippen molar-refractivity contribution in [1.82, 2.24) is 10.3 Å². The molecular weight excluding hydrogens is 366 g/mol. The summed E-state index contributed by atoms with van der Waals surface area (Å²) in [5, 5.41) is 8.46. The van der Waals surface area contributed by atoms with Crippen molar-refractivity contribution >= 4 is 34.5 Å². The van der Waals surface area contributed by atoms with E-state index in [2.05, 4.69) is 52.9 Å². The van der Waals surface area contributed by atoms with Crippen LogP contribution in [0.25, 0.3) is 0 Å². The fourth-order valence-electron chi connectivity index (χ4n) is 2.65. The van der Waals surface area contributed by atoms with Crippen molar-refractivity contribution in [2.75, 3.05) is 11.9 Å². The van der Waals surface area contributed by atoms with E-state index in [4.69, 9.17) is 11.6 Å². The van der Waals surface area contributed by atoms with E-state index in [0.717, 1.165) is 12.0 Å². The Labute approximate surface area is 162 Å². The highest BCUT2D eigenvalue weighted by Crippen LogP contribution is 2.26. The molecule has 0 aliphatic carbocycles. The van der Waals surface area contributed by atoms with Gasteiger partial charge in [0.15, 0.2) is 5.15 Å². The van der Waals surface area contributed by atoms with Crippen LogP contribution < -0.4 is 10.6 Å². The Morgan fingerprint density at radius 3 is 2.65 bits per heavy atom. The fourth-order valence-corrected chi connectivity index (χ4v) is 3.65. The maximum absolute atomic E-state index is 12.3. The predicted molar refractivity (Wildman–Crippen MR) is 108 cm³/mol. The predicted octanol–water partition coefficient (Wildman–Crippen LogP) is 4.68. The summed E-state index contributed by atoms with van der Waals surface area (Å²) in [6.45, 7) is 2.31. The lowest BCUT2D eigenvalue weighted by atomic mass is 10.0. The molecule has 0 radical (unpaired) electrons. The van der Waals surface area contributed by atoms with Crippen molar-refractivity contribution in [2.45, 2.75) is 19.4 Å². The lowest BCUT2D eigenvalue weighted by Gasteiger charge is -2.18. The average Bonchev–Trinajstić information content (AvgIpc) is 3.19. The second-order valence-electron chi connectivity index (χ2n) is 5.81. The second-order valence-corrected chi connectivity index (χ2v) is 7.15. The minimum absolute atomic E-state index is 0.0315. The summed E-state index contributed by atoms with van der Waals surface area (Å²) in [6.07, 6.45) is 2.59. The van der Waals surface area contributed by atoms with Crippen LogP contribution in [0.4, 0.5) is 5.69 Å². The van der Waals surface area contributed by atoms with Gasteiger partial charge in [-0.05, 0) is 41.1 Å². The summed E-state index contributed by atoms with van der Waals surface area (Å²) in [5.41, 5.74) is 2.94. The maximum Gasteiger partial charge on any atom is 0.238 e. The molecule has 0 bridgehead atoms. The first-order valence-corrected chi connectivity index (χ1v) is 9.69. The first-order chi connectivity index (χ1) is 12.7. The summed E-state index contributed by atoms with van der Waals surface area (Å²) >= 11 is 7.66. The summed E-state index contributed by atoms with van der Waals surface area (Å²) in [4.78, 5) is 17.4. The molecule has 0 saturated heterocycles. The van der Waals surface area contributed by atoms with Gasteiger partial charge in [-0.25, -0.2) is 4.98 Å². The van der Waals surface area contributed by atoms with E-state index in [1.54, 1.807) is 29.7 Å². The van der Waals surface area contributed by atoms with Gasteiger partial charge in [-0.15, -0.1) is 11.3 Å². The Hall–Kier alpha value is -2.21. The number of anilines is 1. The zero-order valence-corrected chi connectivity index (χ0v) is 16.0. The van der Waals surface area contributed by atoms with Gasteiger partial charge in [0, 0.05) is 11.1 Å². The summed E-state index contributed by atoms with van der Waals surface area (Å²) in [5.74, 6) is -0.161. The van der Waals surface area contributed by atoms with E-state index in [1.807, 2.05) is 11.4 Å². The second kappa shape index (κ2) is 8.94. The molecule has 1 aromatic carbocycles. The van der Waals surface area contributed by atoms with E-state index >= 15 is 0 Å². The number of thiophene rings is 1. The van der Waals surface area contributed by atoms with Crippen LogP contribution in [-0.2, 0) is 11.2 Å². The number of amides is 1. The first-order valence-electron chi connectivity index (χ1n) is 8.43. The van der Waals surface area contributed by atoms with Crippen LogP contribution in [0.1, 0.15) is 29.0 Å². The normalized spacial score (nSPS) is 11.9. The van der Waals surface area contributed by atoms with Crippen LogP contribution >= 0.6 is 22.9 Å². The third kappa shape index (κ3) is 4.69. The van der Waals surface area contributed by atoms with Gasteiger partial charge in [0.25, 0.3) is 0 Å². The van der Waals surface area contributed by atoms with E-state index in [9.17, 15) is 4.79 Å². The number of halogens is 1. The molecule has 2 heterocycles. The first kappa shape index (κ1) is 18.6. The minimum atomic E-state index is -0.161. The van der Waals surface area contributed by atoms with Crippen molar-refractivity contribution in [1.29, 1.82) is 0 Å². The average molecular weight is 386 g/mol. The van der Waals surface area contributed by atoms with E-state index in [0.29, 0.717) is 5.69 Å². The summed E-state index contributed by atoms with van der Waals surface area (Å²) in [7, 11) is 0. The van der Waals surface area contributed by atoms with Gasteiger partial charge in [0.2, 0.25) is 5.91 Å². The van der Waals surface area contributed by atoms with Crippen molar-refractivity contribution < 1.29 is 4.79 Å². The number of aryl methyl sites for hydroxylation is 1. The van der Waals surface area contributed by atoms with E-state index in [-0.39, 0.29) is 23.6 Å². The van der Waals surface area contributed by atoms with Crippen molar-refractivity contribution in [3.05, 3.63) is 81.3 Å². The van der Waals surface area contributed by atoms with Gasteiger partial charge in [0.05, 0.1) is 18.3 Å². The quantitative estimate of drug-likeness (QED) is 0.581. The molecule has 4 nitrogen and oxygen atoms in total. The van der Waals surface area contributed by atoms with E-state index in [1.165, 1.54) is 10.4 Å². The molecule has 0 aliphatic heterocycles.